The van der Waals surface area contributed by atoms with Gasteiger partial charge in [-0.3, -0.25) is 0 Å². The molecule has 2 aromatic carbocycles. The van der Waals surface area contributed by atoms with Crippen LogP contribution < -0.4 is 10.6 Å². The summed E-state index contributed by atoms with van der Waals surface area (Å²) in [5.74, 6) is -0.303. The average molecular weight is 279 g/mol. The quantitative estimate of drug-likeness (QED) is 0.850. The zero-order chi connectivity index (χ0) is 14.0. The van der Waals surface area contributed by atoms with E-state index in [2.05, 4.69) is 0 Å². The fourth-order valence-corrected chi connectivity index (χ4v) is 2.35. The topological polar surface area (TPSA) is 29.3 Å². The van der Waals surface area contributed by atoms with Crippen LogP contribution >= 0.6 is 11.6 Å². The van der Waals surface area contributed by atoms with Crippen molar-refractivity contribution in [1.29, 1.82) is 0 Å². The fraction of sp³-hybridized carbons (Fsp3) is 0.200. The van der Waals surface area contributed by atoms with Crippen molar-refractivity contribution in [2.24, 2.45) is 0 Å². The van der Waals surface area contributed by atoms with Crippen LogP contribution in [-0.4, -0.2) is 7.05 Å². The monoisotopic (exact) mass is 278 g/mol. The summed E-state index contributed by atoms with van der Waals surface area (Å²) in [5, 5.41) is 0.692. The van der Waals surface area contributed by atoms with Gasteiger partial charge in [-0.2, -0.15) is 0 Å². The van der Waals surface area contributed by atoms with Gasteiger partial charge in [-0.1, -0.05) is 29.8 Å². The Morgan fingerprint density at radius 3 is 2.58 bits per heavy atom. The molecule has 100 valence electrons. The summed E-state index contributed by atoms with van der Waals surface area (Å²) in [7, 11) is 1.87. The fourth-order valence-electron chi connectivity index (χ4n) is 2.05. The van der Waals surface area contributed by atoms with Gasteiger partial charge < -0.3 is 10.6 Å². The molecule has 0 aliphatic rings. The Morgan fingerprint density at radius 1 is 1.21 bits per heavy atom. The van der Waals surface area contributed by atoms with Crippen LogP contribution in [0, 0.1) is 5.82 Å². The number of nitrogen functional groups attached to an aromatic ring is 1. The molecule has 0 bridgehead atoms. The van der Waals surface area contributed by atoms with Gasteiger partial charge in [0.1, 0.15) is 5.82 Å². The predicted molar refractivity (Wildman–Crippen MR) is 79.1 cm³/mol. The third-order valence-electron chi connectivity index (χ3n) is 3.31. The number of hydrogen-bond donors (Lipinski definition) is 1. The van der Waals surface area contributed by atoms with Crippen molar-refractivity contribution in [3.63, 3.8) is 0 Å². The maximum atomic E-state index is 13.3. The Balaban J connectivity index is 2.36. The molecule has 1 atom stereocenters. The number of rotatable bonds is 3. The van der Waals surface area contributed by atoms with Gasteiger partial charge in [-0.05, 0) is 36.8 Å². The average Bonchev–Trinajstić information content (AvgIpc) is 2.40. The highest BCUT2D eigenvalue weighted by Crippen LogP contribution is 2.33. The predicted octanol–water partition coefficient (Wildman–Crippen LogP) is 4.26. The van der Waals surface area contributed by atoms with Crippen LogP contribution in [0.15, 0.2) is 42.5 Å². The normalized spacial score (nSPS) is 12.2. The number of anilines is 2. The summed E-state index contributed by atoms with van der Waals surface area (Å²) < 4.78 is 13.3. The molecule has 0 amide bonds. The molecule has 2 N–H and O–H groups in total. The number of nitrogens with two attached hydrogens (primary N) is 1. The maximum absolute atomic E-state index is 13.3. The van der Waals surface area contributed by atoms with E-state index >= 15 is 0 Å². The minimum atomic E-state index is -0.303. The highest BCUT2D eigenvalue weighted by molar-refractivity contribution is 6.31. The Morgan fingerprint density at radius 2 is 1.89 bits per heavy atom. The summed E-state index contributed by atoms with van der Waals surface area (Å²) in [4.78, 5) is 1.92. The van der Waals surface area contributed by atoms with E-state index in [1.807, 2.05) is 43.1 Å². The van der Waals surface area contributed by atoms with Crippen LogP contribution in [0.2, 0.25) is 5.02 Å². The first-order chi connectivity index (χ1) is 9.00. The second-order valence-corrected chi connectivity index (χ2v) is 4.92. The molecule has 0 radical (unpaired) electrons. The van der Waals surface area contributed by atoms with Gasteiger partial charge in [0.05, 0.1) is 17.4 Å². The third-order valence-corrected chi connectivity index (χ3v) is 3.65. The number of nitrogens with zero attached hydrogens (tertiary/aromatic N) is 1. The summed E-state index contributed by atoms with van der Waals surface area (Å²) in [6, 6.07) is 12.0. The van der Waals surface area contributed by atoms with Crippen molar-refractivity contribution >= 4 is 23.0 Å². The van der Waals surface area contributed by atoms with Crippen LogP contribution in [0.25, 0.3) is 0 Å². The van der Waals surface area contributed by atoms with Gasteiger partial charge in [0.15, 0.2) is 0 Å². The van der Waals surface area contributed by atoms with Gasteiger partial charge in [-0.15, -0.1) is 0 Å². The largest absolute Gasteiger partial charge is 0.397 e. The van der Waals surface area contributed by atoms with Crippen LogP contribution in [0.1, 0.15) is 18.5 Å². The first kappa shape index (κ1) is 13.7. The number of halogens is 2. The molecule has 0 spiro atoms. The molecule has 0 saturated heterocycles. The van der Waals surface area contributed by atoms with Crippen LogP contribution in [-0.2, 0) is 0 Å². The lowest BCUT2D eigenvalue weighted by Crippen LogP contribution is -2.23. The SMILES string of the molecule is CC(c1ccccc1Cl)N(C)c1cc(F)ccc1N. The third kappa shape index (κ3) is 2.82. The van der Waals surface area contributed by atoms with E-state index < -0.39 is 0 Å². The van der Waals surface area contributed by atoms with E-state index in [9.17, 15) is 4.39 Å². The molecule has 0 aliphatic carbocycles. The van der Waals surface area contributed by atoms with Gasteiger partial charge >= 0.3 is 0 Å². The summed E-state index contributed by atoms with van der Waals surface area (Å²) in [5.41, 5.74) is 8.09. The van der Waals surface area contributed by atoms with Crippen molar-refractivity contribution in [3.8, 4) is 0 Å². The molecule has 0 saturated carbocycles. The molecule has 0 fully saturated rings. The molecule has 2 nitrogen and oxygen atoms in total. The Hall–Kier alpha value is -1.74. The van der Waals surface area contributed by atoms with Crippen molar-refractivity contribution < 1.29 is 4.39 Å². The lowest BCUT2D eigenvalue weighted by Gasteiger charge is -2.29. The molecule has 19 heavy (non-hydrogen) atoms. The van der Waals surface area contributed by atoms with E-state index in [1.165, 1.54) is 12.1 Å². The molecule has 2 rings (SSSR count). The van der Waals surface area contributed by atoms with Gasteiger partial charge in [0.25, 0.3) is 0 Å². The highest BCUT2D eigenvalue weighted by atomic mass is 35.5. The molecule has 0 aromatic heterocycles. The van der Waals surface area contributed by atoms with Crippen molar-refractivity contribution in [3.05, 3.63) is 58.9 Å². The summed E-state index contributed by atoms with van der Waals surface area (Å²) in [6.45, 7) is 2.01. The minimum absolute atomic E-state index is 0.00204. The second kappa shape index (κ2) is 5.49. The van der Waals surface area contributed by atoms with Gasteiger partial charge in [-0.25, -0.2) is 4.39 Å². The Bertz CT molecular complexity index is 586. The first-order valence-electron chi connectivity index (χ1n) is 6.03. The van der Waals surface area contributed by atoms with E-state index in [0.717, 1.165) is 5.56 Å². The lowest BCUT2D eigenvalue weighted by atomic mass is 10.1. The smallest absolute Gasteiger partial charge is 0.125 e. The summed E-state index contributed by atoms with van der Waals surface area (Å²) >= 11 is 6.19. The van der Waals surface area contributed by atoms with E-state index in [1.54, 1.807) is 6.07 Å². The van der Waals surface area contributed by atoms with E-state index in [4.69, 9.17) is 17.3 Å². The molecule has 4 heteroatoms. The number of hydrogen-bond acceptors (Lipinski definition) is 2. The van der Waals surface area contributed by atoms with Gasteiger partial charge in [0, 0.05) is 12.1 Å². The van der Waals surface area contributed by atoms with E-state index in [-0.39, 0.29) is 11.9 Å². The molecular weight excluding hydrogens is 263 g/mol. The first-order valence-corrected chi connectivity index (χ1v) is 6.41. The van der Waals surface area contributed by atoms with Crippen molar-refractivity contribution in [1.82, 2.24) is 0 Å². The minimum Gasteiger partial charge on any atom is -0.397 e. The van der Waals surface area contributed by atoms with Crippen LogP contribution in [0.3, 0.4) is 0 Å². The van der Waals surface area contributed by atoms with Crippen molar-refractivity contribution in [2.75, 3.05) is 17.7 Å². The highest BCUT2D eigenvalue weighted by Gasteiger charge is 2.17. The van der Waals surface area contributed by atoms with Gasteiger partial charge in [0.2, 0.25) is 0 Å². The standard InChI is InChI=1S/C15H16ClFN2/c1-10(12-5-3-4-6-13(12)16)19(2)15-9-11(17)7-8-14(15)18/h3-10H,18H2,1-2H3. The second-order valence-electron chi connectivity index (χ2n) is 4.51. The molecular formula is C15H16ClFN2. The zero-order valence-corrected chi connectivity index (χ0v) is 11.7. The Kier molecular flexibility index (Phi) is 3.96. The molecule has 1 unspecified atom stereocenters. The van der Waals surface area contributed by atoms with E-state index in [0.29, 0.717) is 16.4 Å². The Labute approximate surface area is 117 Å². The van der Waals surface area contributed by atoms with Crippen LogP contribution in [0.5, 0.6) is 0 Å². The van der Waals surface area contributed by atoms with Crippen molar-refractivity contribution in [2.45, 2.75) is 13.0 Å². The number of benzene rings is 2. The maximum Gasteiger partial charge on any atom is 0.125 e. The molecule has 0 aliphatic heterocycles. The van der Waals surface area contributed by atoms with Crippen LogP contribution in [0.4, 0.5) is 15.8 Å². The summed E-state index contributed by atoms with van der Waals surface area (Å²) in [6.07, 6.45) is 0. The zero-order valence-electron chi connectivity index (χ0n) is 10.9. The molecule has 0 heterocycles. The molecule has 2 aromatic rings. The lowest BCUT2D eigenvalue weighted by molar-refractivity contribution is 0.625.